The fourth-order valence-electron chi connectivity index (χ4n) is 2.91. The molecule has 0 aliphatic heterocycles. The number of Topliss-reactive ketones (excluding diaryl/α,β-unsaturated/α-hetero) is 1. The first-order chi connectivity index (χ1) is 10.6. The molecule has 0 spiro atoms. The molecule has 0 saturated carbocycles. The van der Waals surface area contributed by atoms with Crippen molar-refractivity contribution in [2.75, 3.05) is 0 Å². The van der Waals surface area contributed by atoms with Gasteiger partial charge in [0.25, 0.3) is 0 Å². The van der Waals surface area contributed by atoms with Gasteiger partial charge in [-0.25, -0.2) is 0 Å². The summed E-state index contributed by atoms with van der Waals surface area (Å²) in [4.78, 5) is 12.7. The molecule has 0 fully saturated rings. The topological polar surface area (TPSA) is 17.1 Å². The lowest BCUT2D eigenvalue weighted by Gasteiger charge is -2.32. The molecule has 1 aliphatic rings. The summed E-state index contributed by atoms with van der Waals surface area (Å²) in [6.07, 6.45) is 6.77. The Morgan fingerprint density at radius 1 is 1.05 bits per heavy atom. The van der Waals surface area contributed by atoms with Crippen LogP contribution in [0.25, 0.3) is 12.2 Å². The number of hydrogen-bond acceptors (Lipinski definition) is 1. The standard InChI is InChI=1S/C20H17BrO/c1-20(13-7-10-15-8-3-2-4-9-15)17-12-6-5-11-16(17)14-18(21)19(20)22/h2-12,14H,13H2,1H3/b10-7+/t20-/m0/s1. The van der Waals surface area contributed by atoms with E-state index in [4.69, 9.17) is 0 Å². The van der Waals surface area contributed by atoms with Gasteiger partial charge in [-0.15, -0.1) is 0 Å². The van der Waals surface area contributed by atoms with Gasteiger partial charge in [0.2, 0.25) is 0 Å². The largest absolute Gasteiger partial charge is 0.293 e. The Bertz CT molecular complexity index is 758. The van der Waals surface area contributed by atoms with Crippen molar-refractivity contribution in [1.82, 2.24) is 0 Å². The van der Waals surface area contributed by atoms with Crippen LogP contribution in [0.1, 0.15) is 30.0 Å². The minimum atomic E-state index is -0.518. The second-order valence-corrected chi connectivity index (χ2v) is 6.61. The van der Waals surface area contributed by atoms with Gasteiger partial charge < -0.3 is 0 Å². The number of allylic oxidation sites excluding steroid dienone is 2. The molecule has 0 amide bonds. The molecule has 0 heterocycles. The Morgan fingerprint density at radius 2 is 1.73 bits per heavy atom. The molecule has 0 bridgehead atoms. The number of fused-ring (bicyclic) bond motifs is 1. The van der Waals surface area contributed by atoms with Gasteiger partial charge in [0.15, 0.2) is 5.78 Å². The van der Waals surface area contributed by atoms with E-state index in [9.17, 15) is 4.79 Å². The van der Waals surface area contributed by atoms with E-state index in [-0.39, 0.29) is 5.78 Å². The van der Waals surface area contributed by atoms with Gasteiger partial charge in [-0.3, -0.25) is 4.79 Å². The van der Waals surface area contributed by atoms with Crippen molar-refractivity contribution >= 4 is 33.9 Å². The second kappa shape index (κ2) is 6.05. The predicted molar refractivity (Wildman–Crippen MR) is 95.8 cm³/mol. The summed E-state index contributed by atoms with van der Waals surface area (Å²) in [5.41, 5.74) is 2.85. The summed E-state index contributed by atoms with van der Waals surface area (Å²) in [5, 5.41) is 0. The molecule has 22 heavy (non-hydrogen) atoms. The highest BCUT2D eigenvalue weighted by molar-refractivity contribution is 9.12. The third-order valence-corrected chi connectivity index (χ3v) is 4.78. The Morgan fingerprint density at radius 3 is 2.50 bits per heavy atom. The van der Waals surface area contributed by atoms with Crippen LogP contribution >= 0.6 is 15.9 Å². The first-order valence-electron chi connectivity index (χ1n) is 7.34. The monoisotopic (exact) mass is 352 g/mol. The summed E-state index contributed by atoms with van der Waals surface area (Å²) < 4.78 is 0.654. The van der Waals surface area contributed by atoms with Crippen LogP contribution in [0, 0.1) is 0 Å². The molecule has 0 unspecified atom stereocenters. The zero-order valence-corrected chi connectivity index (χ0v) is 14.0. The summed E-state index contributed by atoms with van der Waals surface area (Å²) >= 11 is 3.42. The number of hydrogen-bond donors (Lipinski definition) is 0. The number of carbonyl (C=O) groups is 1. The quantitative estimate of drug-likeness (QED) is 0.725. The maximum Gasteiger partial charge on any atom is 0.180 e. The maximum atomic E-state index is 12.7. The first kappa shape index (κ1) is 15.0. The molecule has 0 N–H and O–H groups in total. The van der Waals surface area contributed by atoms with Crippen molar-refractivity contribution in [3.05, 3.63) is 81.8 Å². The number of halogens is 1. The lowest BCUT2D eigenvalue weighted by atomic mass is 9.71. The minimum Gasteiger partial charge on any atom is -0.293 e. The van der Waals surface area contributed by atoms with E-state index < -0.39 is 5.41 Å². The van der Waals surface area contributed by atoms with Crippen LogP contribution < -0.4 is 0 Å². The molecule has 1 atom stereocenters. The second-order valence-electron chi connectivity index (χ2n) is 5.76. The molecule has 2 heteroatoms. The number of rotatable bonds is 3. The maximum absolute atomic E-state index is 12.7. The van der Waals surface area contributed by atoms with Gasteiger partial charge in [-0.05, 0) is 52.0 Å². The van der Waals surface area contributed by atoms with Gasteiger partial charge in [0.05, 0.1) is 9.90 Å². The summed E-state index contributed by atoms with van der Waals surface area (Å²) in [6, 6.07) is 18.3. The third-order valence-electron chi connectivity index (χ3n) is 4.19. The molecule has 0 saturated heterocycles. The van der Waals surface area contributed by atoms with Crippen LogP contribution in [0.2, 0.25) is 0 Å². The zero-order valence-electron chi connectivity index (χ0n) is 12.4. The van der Waals surface area contributed by atoms with E-state index >= 15 is 0 Å². The highest BCUT2D eigenvalue weighted by Gasteiger charge is 2.39. The van der Waals surface area contributed by atoms with Gasteiger partial charge in [0.1, 0.15) is 0 Å². The smallest absolute Gasteiger partial charge is 0.180 e. The molecule has 0 aromatic heterocycles. The van der Waals surface area contributed by atoms with Gasteiger partial charge >= 0.3 is 0 Å². The average molecular weight is 353 g/mol. The number of ketones is 1. The van der Waals surface area contributed by atoms with Crippen LogP contribution in [0.3, 0.4) is 0 Å². The molecular weight excluding hydrogens is 336 g/mol. The zero-order chi connectivity index (χ0) is 15.6. The van der Waals surface area contributed by atoms with Crippen LogP contribution in [0.15, 0.2) is 65.2 Å². The van der Waals surface area contributed by atoms with Crippen LogP contribution in [-0.4, -0.2) is 5.78 Å². The van der Waals surface area contributed by atoms with E-state index in [1.165, 1.54) is 0 Å². The third kappa shape index (κ3) is 2.71. The molecule has 1 nitrogen and oxygen atoms in total. The Kier molecular flexibility index (Phi) is 4.12. The first-order valence-corrected chi connectivity index (χ1v) is 8.14. The minimum absolute atomic E-state index is 0.143. The van der Waals surface area contributed by atoms with E-state index in [1.54, 1.807) is 0 Å². The highest BCUT2D eigenvalue weighted by atomic mass is 79.9. The van der Waals surface area contributed by atoms with E-state index in [0.717, 1.165) is 16.7 Å². The van der Waals surface area contributed by atoms with E-state index in [2.05, 4.69) is 52.3 Å². The fraction of sp³-hybridized carbons (Fsp3) is 0.150. The lowest BCUT2D eigenvalue weighted by molar-refractivity contribution is -0.119. The van der Waals surface area contributed by atoms with Gasteiger partial charge in [0, 0.05) is 0 Å². The Hall–Kier alpha value is -1.93. The molecule has 3 rings (SSSR count). The molecular formula is C20H17BrO. The SMILES string of the molecule is C[C@@]1(C/C=C/c2ccccc2)C(=O)C(Br)=Cc2ccccc21. The fourth-order valence-corrected chi connectivity index (χ4v) is 3.60. The molecule has 2 aromatic carbocycles. The normalized spacial score (nSPS) is 20.8. The summed E-state index contributed by atoms with van der Waals surface area (Å²) in [6.45, 7) is 2.03. The van der Waals surface area contributed by atoms with E-state index in [0.29, 0.717) is 10.9 Å². The molecule has 0 radical (unpaired) electrons. The highest BCUT2D eigenvalue weighted by Crippen LogP contribution is 2.40. The Balaban J connectivity index is 1.93. The lowest BCUT2D eigenvalue weighted by Crippen LogP contribution is -2.35. The average Bonchev–Trinajstić information content (AvgIpc) is 2.54. The summed E-state index contributed by atoms with van der Waals surface area (Å²) in [7, 11) is 0. The predicted octanol–water partition coefficient (Wildman–Crippen LogP) is 5.37. The molecule has 1 aliphatic carbocycles. The van der Waals surface area contributed by atoms with Crippen molar-refractivity contribution in [2.24, 2.45) is 0 Å². The van der Waals surface area contributed by atoms with Gasteiger partial charge in [-0.2, -0.15) is 0 Å². The number of benzene rings is 2. The molecule has 2 aromatic rings. The van der Waals surface area contributed by atoms with E-state index in [1.807, 2.05) is 43.3 Å². The van der Waals surface area contributed by atoms with Crippen molar-refractivity contribution < 1.29 is 4.79 Å². The van der Waals surface area contributed by atoms with Crippen molar-refractivity contribution in [1.29, 1.82) is 0 Å². The van der Waals surface area contributed by atoms with Crippen LogP contribution in [-0.2, 0) is 10.2 Å². The Labute approximate surface area is 139 Å². The van der Waals surface area contributed by atoms with Crippen molar-refractivity contribution in [2.45, 2.75) is 18.8 Å². The number of carbonyl (C=O) groups excluding carboxylic acids is 1. The van der Waals surface area contributed by atoms with Crippen LogP contribution in [0.5, 0.6) is 0 Å². The van der Waals surface area contributed by atoms with Crippen molar-refractivity contribution in [3.63, 3.8) is 0 Å². The van der Waals surface area contributed by atoms with Crippen molar-refractivity contribution in [3.8, 4) is 0 Å². The van der Waals surface area contributed by atoms with Crippen LogP contribution in [0.4, 0.5) is 0 Å². The molecule has 110 valence electrons. The summed E-state index contributed by atoms with van der Waals surface area (Å²) in [5.74, 6) is 0.143. The van der Waals surface area contributed by atoms with Gasteiger partial charge in [-0.1, -0.05) is 66.7 Å².